The first-order valence-electron chi connectivity index (χ1n) is 6.77. The van der Waals surface area contributed by atoms with Crippen LogP contribution in [-0.2, 0) is 38.8 Å². The molecule has 1 heterocycles. The van der Waals surface area contributed by atoms with Gasteiger partial charge in [0.05, 0.1) is 12.8 Å². The number of carbonyl (C=O) groups excluding carboxylic acids is 4. The van der Waals surface area contributed by atoms with E-state index in [0.717, 1.165) is 11.8 Å². The van der Waals surface area contributed by atoms with Gasteiger partial charge < -0.3 is 20.9 Å². The summed E-state index contributed by atoms with van der Waals surface area (Å²) in [4.78, 5) is 52.6. The molecule has 12 nitrogen and oxygen atoms in total. The minimum absolute atomic E-state index is 0. The molecule has 0 aliphatic carbocycles. The number of carboxylic acid groups (broad SMARTS) is 1. The van der Waals surface area contributed by atoms with Crippen molar-refractivity contribution >= 4 is 50.8 Å². The van der Waals surface area contributed by atoms with Crippen molar-refractivity contribution in [3.63, 3.8) is 0 Å². The van der Waals surface area contributed by atoms with Crippen LogP contribution in [0.15, 0.2) is 0 Å². The van der Waals surface area contributed by atoms with Crippen molar-refractivity contribution in [2.24, 2.45) is 5.73 Å². The van der Waals surface area contributed by atoms with E-state index in [1.807, 2.05) is 5.32 Å². The molecule has 0 aromatic carbocycles. The minimum Gasteiger partial charge on any atom is -0.480 e. The van der Waals surface area contributed by atoms with Gasteiger partial charge in [0.15, 0.2) is 10.4 Å². The molecule has 0 bridgehead atoms. The van der Waals surface area contributed by atoms with Gasteiger partial charge in [-0.3, -0.25) is 28.5 Å². The Bertz CT molecular complexity index is 647. The summed E-state index contributed by atoms with van der Waals surface area (Å²) in [5.41, 5.74) is 4.50. The van der Waals surface area contributed by atoms with Gasteiger partial charge in [-0.2, -0.15) is 8.42 Å². The number of hydrogen-bond donors (Lipinski definition) is 4. The zero-order valence-corrected chi connectivity index (χ0v) is 15.8. The Kier molecular flexibility index (Phi) is 15.5. The number of nitrogens with one attached hydrogen (secondary N) is 1. The second-order valence-electron chi connectivity index (χ2n) is 4.31. The van der Waals surface area contributed by atoms with E-state index >= 15 is 0 Å². The molecule has 1 aliphatic heterocycles. The van der Waals surface area contributed by atoms with E-state index in [4.69, 9.17) is 9.66 Å². The summed E-state index contributed by atoms with van der Waals surface area (Å²) in [5.74, 6) is -3.68. The van der Waals surface area contributed by atoms with Gasteiger partial charge in [0.1, 0.15) is 5.25 Å². The summed E-state index contributed by atoms with van der Waals surface area (Å²) < 4.78 is 33.5. The Hall–Kier alpha value is -2.03. The third-order valence-electron chi connectivity index (χ3n) is 2.42. The summed E-state index contributed by atoms with van der Waals surface area (Å²) >= 11 is 0.840. The van der Waals surface area contributed by atoms with Crippen molar-refractivity contribution < 1.29 is 46.8 Å². The van der Waals surface area contributed by atoms with Crippen molar-refractivity contribution in [1.29, 1.82) is 0 Å². The first kappa shape index (κ1) is 29.7. The van der Waals surface area contributed by atoms with Gasteiger partial charge in [-0.05, 0) is 7.05 Å². The van der Waals surface area contributed by atoms with Gasteiger partial charge in [-0.25, -0.2) is 0 Å². The molecule has 1 rings (SSSR count). The van der Waals surface area contributed by atoms with Gasteiger partial charge >= 0.3 is 17.9 Å². The van der Waals surface area contributed by atoms with Crippen LogP contribution in [0.4, 0.5) is 0 Å². The molecule has 1 saturated heterocycles. The van der Waals surface area contributed by atoms with Gasteiger partial charge in [-0.1, -0.05) is 19.2 Å². The highest BCUT2D eigenvalue weighted by molar-refractivity contribution is 8.14. The molecular weight excluding hydrogens is 408 g/mol. The van der Waals surface area contributed by atoms with E-state index < -0.39 is 50.9 Å². The standard InChI is InChI=1S/C6H6O4S.C5H9NO6S.CH5N.CH4/c1-3(7)11-4-2-5(8)10-6(4)9;1-6-4(7)2-3(5(8)9)13(10,11)12;1-2;/h4H,2H2,1H3;3H,2H2,1H3,(H,6,7)(H,8,9)(H,10,11,12);2H2,1H3;1H4. The molecule has 5 N–H and O–H groups in total. The largest absolute Gasteiger partial charge is 0.480 e. The van der Waals surface area contributed by atoms with Crippen LogP contribution in [0.5, 0.6) is 0 Å². The summed E-state index contributed by atoms with van der Waals surface area (Å²) in [6.07, 6.45) is -0.784. The van der Waals surface area contributed by atoms with Gasteiger partial charge in [0.25, 0.3) is 10.1 Å². The fourth-order valence-electron chi connectivity index (χ4n) is 1.33. The number of rotatable bonds is 5. The average Bonchev–Trinajstić information content (AvgIpc) is 2.82. The number of carbonyl (C=O) groups is 5. The highest BCUT2D eigenvalue weighted by atomic mass is 32.2. The average molecular weight is 432 g/mol. The molecule has 0 spiro atoms. The van der Waals surface area contributed by atoms with Crippen LogP contribution in [0.25, 0.3) is 0 Å². The number of aliphatic carboxylic acids is 1. The maximum Gasteiger partial charge on any atom is 0.327 e. The fraction of sp³-hybridized carbons (Fsp3) is 0.615. The lowest BCUT2D eigenvalue weighted by Crippen LogP contribution is -2.35. The van der Waals surface area contributed by atoms with Crippen molar-refractivity contribution in [2.45, 2.75) is 37.7 Å². The predicted molar refractivity (Wildman–Crippen MR) is 96.3 cm³/mol. The maximum atomic E-state index is 10.7. The van der Waals surface area contributed by atoms with Crippen molar-refractivity contribution in [2.75, 3.05) is 14.1 Å². The number of ether oxygens (including phenoxy) is 1. The summed E-state index contributed by atoms with van der Waals surface area (Å²) in [6, 6.07) is 0. The molecule has 158 valence electrons. The van der Waals surface area contributed by atoms with E-state index in [-0.39, 0.29) is 19.0 Å². The van der Waals surface area contributed by atoms with Crippen LogP contribution in [0.1, 0.15) is 27.2 Å². The molecule has 1 amide bonds. The van der Waals surface area contributed by atoms with Gasteiger partial charge in [-0.15, -0.1) is 0 Å². The quantitative estimate of drug-likeness (QED) is 0.229. The highest BCUT2D eigenvalue weighted by Gasteiger charge is 2.35. The van der Waals surface area contributed by atoms with E-state index in [1.165, 1.54) is 21.0 Å². The van der Waals surface area contributed by atoms with Crippen LogP contribution in [-0.4, -0.2) is 71.6 Å². The van der Waals surface area contributed by atoms with Crippen LogP contribution in [0.3, 0.4) is 0 Å². The molecular formula is C13H24N2O10S2. The third kappa shape index (κ3) is 12.9. The third-order valence-corrected chi connectivity index (χ3v) is 4.49. The molecule has 2 atom stereocenters. The normalized spacial score (nSPS) is 16.3. The number of cyclic esters (lactones) is 2. The lowest BCUT2D eigenvalue weighted by atomic mass is 10.3. The van der Waals surface area contributed by atoms with Crippen LogP contribution in [0.2, 0.25) is 0 Å². The SMILES string of the molecule is C.CC(=O)SC1CC(=O)OC1=O.CN.CNC(=O)CC(C(=O)O)S(=O)(=O)O. The zero-order chi connectivity index (χ0) is 21.1. The number of amides is 1. The fourth-order valence-corrected chi connectivity index (χ4v) is 2.72. The van der Waals surface area contributed by atoms with E-state index in [9.17, 15) is 32.4 Å². The van der Waals surface area contributed by atoms with Crippen LogP contribution < -0.4 is 11.1 Å². The maximum absolute atomic E-state index is 10.7. The van der Waals surface area contributed by atoms with Crippen molar-refractivity contribution in [3.05, 3.63) is 0 Å². The number of hydrogen-bond acceptors (Lipinski definition) is 10. The Morgan fingerprint density at radius 3 is 2.07 bits per heavy atom. The summed E-state index contributed by atoms with van der Waals surface area (Å²) in [7, 11) is -2.00. The summed E-state index contributed by atoms with van der Waals surface area (Å²) in [5, 5.41) is 7.48. The van der Waals surface area contributed by atoms with Gasteiger partial charge in [0.2, 0.25) is 5.91 Å². The van der Waals surface area contributed by atoms with Crippen molar-refractivity contribution in [1.82, 2.24) is 5.32 Å². The Labute approximate surface area is 160 Å². The second-order valence-corrected chi connectivity index (χ2v) is 7.29. The lowest BCUT2D eigenvalue weighted by Gasteiger charge is -2.06. The zero-order valence-electron chi connectivity index (χ0n) is 14.1. The first-order chi connectivity index (χ1) is 11.9. The molecule has 0 radical (unpaired) electrons. The Morgan fingerprint density at radius 2 is 1.81 bits per heavy atom. The second kappa shape index (κ2) is 14.1. The van der Waals surface area contributed by atoms with Crippen LogP contribution in [0, 0.1) is 0 Å². The molecule has 1 fully saturated rings. The number of esters is 2. The van der Waals surface area contributed by atoms with Crippen molar-refractivity contribution in [3.8, 4) is 0 Å². The topological polar surface area (TPSA) is 207 Å². The first-order valence-corrected chi connectivity index (χ1v) is 9.16. The smallest absolute Gasteiger partial charge is 0.327 e. The Morgan fingerprint density at radius 1 is 1.33 bits per heavy atom. The molecule has 0 aromatic heterocycles. The molecule has 14 heteroatoms. The lowest BCUT2D eigenvalue weighted by molar-refractivity contribution is -0.152. The highest BCUT2D eigenvalue weighted by Crippen LogP contribution is 2.22. The molecule has 1 aliphatic rings. The molecule has 27 heavy (non-hydrogen) atoms. The minimum atomic E-state index is -4.73. The van der Waals surface area contributed by atoms with E-state index in [1.54, 1.807) is 0 Å². The number of nitrogens with two attached hydrogens (primary N) is 1. The predicted octanol–water partition coefficient (Wildman–Crippen LogP) is -1.22. The molecule has 0 saturated carbocycles. The summed E-state index contributed by atoms with van der Waals surface area (Å²) in [6.45, 7) is 1.35. The molecule has 2 unspecified atom stereocenters. The number of carboxylic acids is 1. The number of thioether (sulfide) groups is 1. The monoisotopic (exact) mass is 432 g/mol. The van der Waals surface area contributed by atoms with Gasteiger partial charge in [0, 0.05) is 14.0 Å². The van der Waals surface area contributed by atoms with E-state index in [2.05, 4.69) is 10.5 Å². The van der Waals surface area contributed by atoms with Crippen LogP contribution >= 0.6 is 11.8 Å². The molecule has 0 aromatic rings. The van der Waals surface area contributed by atoms with E-state index in [0.29, 0.717) is 0 Å². The Balaban J connectivity index is -0.000000380.